The molecule has 0 aromatic heterocycles. The molecule has 0 bridgehead atoms. The molecule has 3 aliphatic rings. The zero-order valence-corrected chi connectivity index (χ0v) is 17.3. The Morgan fingerprint density at radius 1 is 1.06 bits per heavy atom. The van der Waals surface area contributed by atoms with E-state index in [1.165, 1.54) is 25.3 Å². The highest BCUT2D eigenvalue weighted by molar-refractivity contribution is 6.32. The number of carbonyl (C=O) groups is 2. The summed E-state index contributed by atoms with van der Waals surface area (Å²) in [7, 11) is 1.29. The van der Waals surface area contributed by atoms with E-state index < -0.39 is 60.9 Å². The number of ketones is 2. The monoisotopic (exact) mass is 448 g/mol. The van der Waals surface area contributed by atoms with Crippen LogP contribution in [-0.4, -0.2) is 87.6 Å². The lowest BCUT2D eigenvalue weighted by molar-refractivity contribution is -0.312. The Hall–Kier alpha value is -2.60. The second-order valence-corrected chi connectivity index (χ2v) is 7.99. The zero-order valence-electron chi connectivity index (χ0n) is 17.3. The molecule has 10 nitrogen and oxygen atoms in total. The van der Waals surface area contributed by atoms with Crippen LogP contribution in [0.5, 0.6) is 5.75 Å². The molecule has 172 valence electrons. The fourth-order valence-corrected chi connectivity index (χ4v) is 4.34. The summed E-state index contributed by atoms with van der Waals surface area (Å²) in [6, 6.07) is 4.24. The molecule has 0 saturated carbocycles. The van der Waals surface area contributed by atoms with Crippen LogP contribution in [-0.2, 0) is 14.2 Å². The van der Waals surface area contributed by atoms with Crippen LogP contribution in [0.25, 0.3) is 0 Å². The molecule has 1 aromatic carbocycles. The molecule has 1 heterocycles. The third kappa shape index (κ3) is 3.36. The van der Waals surface area contributed by atoms with Gasteiger partial charge in [-0.05, 0) is 6.07 Å². The van der Waals surface area contributed by atoms with Crippen molar-refractivity contribution in [3.05, 3.63) is 52.3 Å². The minimum Gasteiger partial charge on any atom is -0.507 e. The Kier molecular flexibility index (Phi) is 5.93. The number of Topliss-reactive ketones (excluding diaryl/α,β-unsaturated/α-hetero) is 2. The average Bonchev–Trinajstić information content (AvgIpc) is 2.78. The van der Waals surface area contributed by atoms with Crippen LogP contribution in [0.1, 0.15) is 27.6 Å². The van der Waals surface area contributed by atoms with E-state index >= 15 is 0 Å². The number of methoxy groups -OCH3 is 1. The molecule has 1 saturated heterocycles. The van der Waals surface area contributed by atoms with E-state index in [0.29, 0.717) is 0 Å². The molecular formula is C22H24O10. The first-order chi connectivity index (χ1) is 15.2. The van der Waals surface area contributed by atoms with Crippen LogP contribution >= 0.6 is 0 Å². The highest BCUT2D eigenvalue weighted by Crippen LogP contribution is 2.42. The molecular weight excluding hydrogens is 424 g/mol. The predicted octanol–water partition coefficient (Wildman–Crippen LogP) is -0.567. The predicted molar refractivity (Wildman–Crippen MR) is 107 cm³/mol. The van der Waals surface area contributed by atoms with Crippen molar-refractivity contribution in [3.63, 3.8) is 0 Å². The lowest BCUT2D eigenvalue weighted by Crippen LogP contribution is -2.60. The number of aliphatic hydroxyl groups is 4. The van der Waals surface area contributed by atoms with Crippen molar-refractivity contribution in [3.8, 4) is 5.75 Å². The number of carbonyl (C=O) groups excluding carboxylic acids is 2. The summed E-state index contributed by atoms with van der Waals surface area (Å²) >= 11 is 0. The third-order valence-electron chi connectivity index (χ3n) is 6.02. The van der Waals surface area contributed by atoms with Crippen molar-refractivity contribution in [2.24, 2.45) is 5.92 Å². The van der Waals surface area contributed by atoms with E-state index in [9.17, 15) is 35.1 Å². The molecule has 10 heteroatoms. The van der Waals surface area contributed by atoms with E-state index in [0.717, 1.165) is 0 Å². The van der Waals surface area contributed by atoms with Gasteiger partial charge >= 0.3 is 0 Å². The van der Waals surface area contributed by atoms with Gasteiger partial charge in [0.05, 0.1) is 24.9 Å². The van der Waals surface area contributed by atoms with Gasteiger partial charge in [-0.3, -0.25) is 9.59 Å². The SMILES string of the molecule is COC1=C2C(=O)c3c(O)cccc3C(=O)C2=C[C@@H](C)[C@@H]1O[C@@H]1O[C@H](CO)[C@@H](O)[C@H](O)[C@H]1O. The summed E-state index contributed by atoms with van der Waals surface area (Å²) in [6.45, 7) is 1.07. The van der Waals surface area contributed by atoms with Crippen LogP contribution in [0.4, 0.5) is 0 Å². The summed E-state index contributed by atoms with van der Waals surface area (Å²) in [4.78, 5) is 26.3. The van der Waals surface area contributed by atoms with Crippen LogP contribution in [0.3, 0.4) is 0 Å². The molecule has 0 spiro atoms. The molecule has 4 rings (SSSR count). The minimum absolute atomic E-state index is 0.000728. The van der Waals surface area contributed by atoms with Gasteiger partial charge in [0.2, 0.25) is 5.78 Å². The first-order valence-corrected chi connectivity index (χ1v) is 10.1. The third-order valence-corrected chi connectivity index (χ3v) is 6.02. The molecule has 0 radical (unpaired) electrons. The Balaban J connectivity index is 1.74. The van der Waals surface area contributed by atoms with Crippen molar-refractivity contribution in [1.29, 1.82) is 0 Å². The second-order valence-electron chi connectivity index (χ2n) is 7.99. The van der Waals surface area contributed by atoms with Gasteiger partial charge in [-0.25, -0.2) is 0 Å². The standard InChI is InChI=1S/C22H24O10/c1-8-6-10-14(17(27)13-9(15(10)25)4-3-5-11(13)24)21(30-2)20(8)32-22-19(29)18(28)16(26)12(7-23)31-22/h3-6,8,12,16,18-20,22-24,26,28-29H,7H2,1-2H3/t8-,12-,16-,18+,19-,20+,22+/m1/s1. The molecule has 2 aliphatic carbocycles. The van der Waals surface area contributed by atoms with Gasteiger partial charge in [-0.2, -0.15) is 0 Å². The summed E-state index contributed by atoms with van der Waals surface area (Å²) in [5.41, 5.74) is -0.00779. The number of phenols is 1. The van der Waals surface area contributed by atoms with Gasteiger partial charge in [0.15, 0.2) is 12.1 Å². The Bertz CT molecular complexity index is 1010. The van der Waals surface area contributed by atoms with Gasteiger partial charge in [-0.1, -0.05) is 25.1 Å². The Morgan fingerprint density at radius 3 is 2.44 bits per heavy atom. The van der Waals surface area contributed by atoms with Crippen molar-refractivity contribution < 1.29 is 49.3 Å². The Labute approximate surface area is 183 Å². The smallest absolute Gasteiger partial charge is 0.201 e. The first-order valence-electron chi connectivity index (χ1n) is 10.1. The molecule has 0 unspecified atom stereocenters. The first kappa shape index (κ1) is 22.6. The summed E-state index contributed by atoms with van der Waals surface area (Å²) in [5, 5.41) is 49.9. The summed E-state index contributed by atoms with van der Waals surface area (Å²) < 4.78 is 16.7. The number of hydrogen-bond donors (Lipinski definition) is 5. The normalized spacial score (nSPS) is 34.7. The van der Waals surface area contributed by atoms with Crippen molar-refractivity contribution in [2.45, 2.75) is 43.7 Å². The molecule has 5 N–H and O–H groups in total. The number of aromatic hydroxyl groups is 1. The van der Waals surface area contributed by atoms with E-state index in [1.54, 1.807) is 13.0 Å². The quantitative estimate of drug-likeness (QED) is 0.403. The lowest BCUT2D eigenvalue weighted by atomic mass is 9.75. The highest BCUT2D eigenvalue weighted by atomic mass is 16.7. The van der Waals surface area contributed by atoms with Crippen LogP contribution in [0, 0.1) is 5.92 Å². The lowest BCUT2D eigenvalue weighted by Gasteiger charge is -2.42. The van der Waals surface area contributed by atoms with Gasteiger partial charge in [-0.15, -0.1) is 0 Å². The molecule has 1 fully saturated rings. The van der Waals surface area contributed by atoms with Gasteiger partial charge in [0.1, 0.15) is 42.0 Å². The highest BCUT2D eigenvalue weighted by Gasteiger charge is 2.48. The van der Waals surface area contributed by atoms with E-state index in [1.807, 2.05) is 0 Å². The number of rotatable bonds is 4. The fraction of sp³-hybridized carbons (Fsp3) is 0.455. The van der Waals surface area contributed by atoms with Crippen LogP contribution in [0.2, 0.25) is 0 Å². The molecule has 0 amide bonds. The summed E-state index contributed by atoms with van der Waals surface area (Å²) in [5.74, 6) is -1.92. The van der Waals surface area contributed by atoms with Gasteiger partial charge in [0, 0.05) is 17.1 Å². The number of fused-ring (bicyclic) bond motifs is 2. The maximum Gasteiger partial charge on any atom is 0.201 e. The van der Waals surface area contributed by atoms with Crippen LogP contribution < -0.4 is 0 Å². The van der Waals surface area contributed by atoms with Crippen molar-refractivity contribution >= 4 is 11.6 Å². The van der Waals surface area contributed by atoms with Crippen molar-refractivity contribution in [1.82, 2.24) is 0 Å². The number of benzene rings is 1. The van der Waals surface area contributed by atoms with E-state index in [4.69, 9.17) is 14.2 Å². The van der Waals surface area contributed by atoms with E-state index in [2.05, 4.69) is 0 Å². The van der Waals surface area contributed by atoms with Crippen LogP contribution in [0.15, 0.2) is 41.2 Å². The number of aliphatic hydroxyl groups excluding tert-OH is 4. The zero-order chi connectivity index (χ0) is 23.3. The maximum absolute atomic E-state index is 13.3. The second kappa shape index (κ2) is 8.39. The van der Waals surface area contributed by atoms with Crippen molar-refractivity contribution in [2.75, 3.05) is 13.7 Å². The van der Waals surface area contributed by atoms with E-state index in [-0.39, 0.29) is 33.8 Å². The molecule has 1 aliphatic heterocycles. The molecule has 7 atom stereocenters. The summed E-state index contributed by atoms with van der Waals surface area (Å²) in [6.07, 6.45) is -6.96. The number of hydrogen-bond acceptors (Lipinski definition) is 10. The topological polar surface area (TPSA) is 163 Å². The largest absolute Gasteiger partial charge is 0.507 e. The number of phenolic OH excluding ortho intramolecular Hbond substituents is 1. The molecule has 32 heavy (non-hydrogen) atoms. The maximum atomic E-state index is 13.3. The Morgan fingerprint density at radius 2 is 1.78 bits per heavy atom. The fourth-order valence-electron chi connectivity index (χ4n) is 4.34. The number of ether oxygens (including phenoxy) is 3. The number of allylic oxidation sites excluding steroid dienone is 2. The van der Waals surface area contributed by atoms with Gasteiger partial charge < -0.3 is 39.7 Å². The minimum atomic E-state index is -1.65. The molecule has 1 aromatic rings. The van der Waals surface area contributed by atoms with Gasteiger partial charge in [0.25, 0.3) is 0 Å². The average molecular weight is 448 g/mol.